The molecule has 0 fully saturated rings. The van der Waals surface area contributed by atoms with Crippen molar-refractivity contribution in [3.05, 3.63) is 47.7 Å². The molecule has 1 aromatic carbocycles. The van der Waals surface area contributed by atoms with E-state index in [0.29, 0.717) is 0 Å². The van der Waals surface area contributed by atoms with Crippen LogP contribution < -0.4 is 0 Å². The molecule has 70 valence electrons. The molecule has 0 aliphatic rings. The Hall–Kier alpha value is -0.823. The molecule has 0 bridgehead atoms. The molecule has 0 nitrogen and oxygen atoms in total. The number of rotatable bonds is 3. The van der Waals surface area contributed by atoms with Gasteiger partial charge < -0.3 is 0 Å². The Bertz CT molecular complexity index is 267. The molecule has 0 saturated carbocycles. The van der Waals surface area contributed by atoms with Crippen molar-refractivity contribution in [3.63, 3.8) is 0 Å². The van der Waals surface area contributed by atoms with E-state index in [1.54, 1.807) is 0 Å². The minimum absolute atomic E-state index is 0.992. The summed E-state index contributed by atoms with van der Waals surface area (Å²) in [7, 11) is -0.992. The third-order valence-corrected chi connectivity index (χ3v) is 3.05. The van der Waals surface area contributed by atoms with Crippen LogP contribution in [0.25, 0.3) is 0 Å². The lowest BCUT2D eigenvalue weighted by Crippen LogP contribution is -2.15. The molecule has 0 heterocycles. The third-order valence-electron chi connectivity index (χ3n) is 1.81. The topological polar surface area (TPSA) is 0 Å². The van der Waals surface area contributed by atoms with Gasteiger partial charge in [-0.05, 0) is 12.0 Å². The summed E-state index contributed by atoms with van der Waals surface area (Å²) in [5.41, 5.74) is 3.80. The van der Waals surface area contributed by atoms with Crippen LogP contribution in [0.4, 0.5) is 0 Å². The predicted molar refractivity (Wildman–Crippen MR) is 62.6 cm³/mol. The lowest BCUT2D eigenvalue weighted by atomic mass is 10.2. The van der Waals surface area contributed by atoms with Crippen LogP contribution in [-0.2, 0) is 6.42 Å². The van der Waals surface area contributed by atoms with Gasteiger partial charge in [-0.3, -0.25) is 0 Å². The van der Waals surface area contributed by atoms with Crippen LogP contribution in [0.15, 0.2) is 42.1 Å². The Labute approximate surface area is 82.3 Å². The molecule has 0 unspecified atom stereocenters. The predicted octanol–water partition coefficient (Wildman–Crippen LogP) is 3.66. The molecule has 0 aliphatic heterocycles. The first-order chi connectivity index (χ1) is 6.08. The maximum Gasteiger partial charge on any atom is 0.0683 e. The third kappa shape index (κ3) is 4.68. The zero-order chi connectivity index (χ0) is 9.73. The van der Waals surface area contributed by atoms with E-state index < -0.39 is 8.07 Å². The first-order valence-corrected chi connectivity index (χ1v) is 8.37. The van der Waals surface area contributed by atoms with Gasteiger partial charge in [-0.2, -0.15) is 0 Å². The molecule has 0 saturated heterocycles. The monoisotopic (exact) mass is 190 g/mol. The summed E-state index contributed by atoms with van der Waals surface area (Å²) in [5, 5.41) is 0. The summed E-state index contributed by atoms with van der Waals surface area (Å²) < 4.78 is 0. The molecule has 0 aliphatic carbocycles. The first-order valence-electron chi connectivity index (χ1n) is 4.79. The summed E-state index contributed by atoms with van der Waals surface area (Å²) in [5.74, 6) is 0. The molecule has 1 aromatic rings. The molecule has 0 atom stereocenters. The van der Waals surface area contributed by atoms with Crippen LogP contribution in [0.2, 0.25) is 19.6 Å². The van der Waals surface area contributed by atoms with Crippen LogP contribution in [0.5, 0.6) is 0 Å². The standard InChI is InChI=1S/C12H18Si/c1-13(2,3)11-7-10-12-8-5-4-6-9-12/h4-9,11H,10H2,1-3H3/b11-7-. The van der Waals surface area contributed by atoms with Crippen molar-refractivity contribution in [1.29, 1.82) is 0 Å². The fourth-order valence-electron chi connectivity index (χ4n) is 1.16. The molecule has 1 heteroatoms. The van der Waals surface area contributed by atoms with Crippen molar-refractivity contribution in [2.24, 2.45) is 0 Å². The summed E-state index contributed by atoms with van der Waals surface area (Å²) in [6.45, 7) is 7.07. The molecular weight excluding hydrogens is 172 g/mol. The molecular formula is C12H18Si. The van der Waals surface area contributed by atoms with Gasteiger partial charge in [0.05, 0.1) is 8.07 Å². The molecule has 0 spiro atoms. The number of allylic oxidation sites excluding steroid dienone is 1. The van der Waals surface area contributed by atoms with Gasteiger partial charge in [0, 0.05) is 0 Å². The van der Waals surface area contributed by atoms with Crippen molar-refractivity contribution < 1.29 is 0 Å². The van der Waals surface area contributed by atoms with E-state index in [1.807, 2.05) is 0 Å². The summed E-state index contributed by atoms with van der Waals surface area (Å²) >= 11 is 0. The van der Waals surface area contributed by atoms with E-state index in [1.165, 1.54) is 5.56 Å². The highest BCUT2D eigenvalue weighted by atomic mass is 28.3. The van der Waals surface area contributed by atoms with Gasteiger partial charge in [-0.15, -0.1) is 0 Å². The van der Waals surface area contributed by atoms with Crippen LogP contribution in [-0.4, -0.2) is 8.07 Å². The average Bonchev–Trinajstić information content (AvgIpc) is 2.04. The van der Waals surface area contributed by atoms with Gasteiger partial charge in [-0.25, -0.2) is 0 Å². The second-order valence-corrected chi connectivity index (χ2v) is 9.52. The summed E-state index contributed by atoms with van der Waals surface area (Å²) in [4.78, 5) is 0. The van der Waals surface area contributed by atoms with E-state index >= 15 is 0 Å². The average molecular weight is 190 g/mol. The minimum Gasteiger partial charge on any atom is -0.0986 e. The number of hydrogen-bond acceptors (Lipinski definition) is 0. The lowest BCUT2D eigenvalue weighted by Gasteiger charge is -2.07. The van der Waals surface area contributed by atoms with Crippen LogP contribution >= 0.6 is 0 Å². The van der Waals surface area contributed by atoms with Crippen molar-refractivity contribution in [2.75, 3.05) is 0 Å². The largest absolute Gasteiger partial charge is 0.0986 e. The number of benzene rings is 1. The Morgan fingerprint density at radius 2 is 1.69 bits per heavy atom. The maximum absolute atomic E-state index is 2.40. The van der Waals surface area contributed by atoms with Gasteiger partial charge >= 0.3 is 0 Å². The van der Waals surface area contributed by atoms with E-state index in [9.17, 15) is 0 Å². The van der Waals surface area contributed by atoms with E-state index in [-0.39, 0.29) is 0 Å². The smallest absolute Gasteiger partial charge is 0.0683 e. The highest BCUT2D eigenvalue weighted by molar-refractivity contribution is 6.80. The Kier molecular flexibility index (Phi) is 3.49. The van der Waals surface area contributed by atoms with Crippen molar-refractivity contribution in [3.8, 4) is 0 Å². The van der Waals surface area contributed by atoms with Gasteiger partial charge in [0.25, 0.3) is 0 Å². The first kappa shape index (κ1) is 10.3. The Balaban J connectivity index is 2.49. The van der Waals surface area contributed by atoms with Gasteiger partial charge in [0.1, 0.15) is 0 Å². The van der Waals surface area contributed by atoms with Crippen LogP contribution in [0.3, 0.4) is 0 Å². The molecule has 1 rings (SSSR count). The highest BCUT2D eigenvalue weighted by Crippen LogP contribution is 2.05. The molecule has 0 amide bonds. The number of hydrogen-bond donors (Lipinski definition) is 0. The van der Waals surface area contributed by atoms with Crippen LogP contribution in [0.1, 0.15) is 5.56 Å². The van der Waals surface area contributed by atoms with Crippen molar-refractivity contribution in [1.82, 2.24) is 0 Å². The zero-order valence-corrected chi connectivity index (χ0v) is 9.75. The minimum atomic E-state index is -0.992. The van der Waals surface area contributed by atoms with Crippen molar-refractivity contribution in [2.45, 2.75) is 26.1 Å². The van der Waals surface area contributed by atoms with Gasteiger partial charge in [0.15, 0.2) is 0 Å². The lowest BCUT2D eigenvalue weighted by molar-refractivity contribution is 1.27. The molecule has 0 radical (unpaired) electrons. The fraction of sp³-hybridized carbons (Fsp3) is 0.333. The quantitative estimate of drug-likeness (QED) is 0.638. The Morgan fingerprint density at radius 1 is 1.08 bits per heavy atom. The SMILES string of the molecule is C[Si](C)(C)/C=C\Cc1ccccc1. The zero-order valence-electron chi connectivity index (χ0n) is 8.75. The second kappa shape index (κ2) is 4.42. The van der Waals surface area contributed by atoms with Crippen LogP contribution in [0, 0.1) is 0 Å². The van der Waals surface area contributed by atoms with E-state index in [4.69, 9.17) is 0 Å². The molecule has 0 N–H and O–H groups in total. The summed E-state index contributed by atoms with van der Waals surface area (Å²) in [6, 6.07) is 10.6. The second-order valence-electron chi connectivity index (χ2n) is 4.46. The highest BCUT2D eigenvalue weighted by Gasteiger charge is 2.05. The Morgan fingerprint density at radius 3 is 2.23 bits per heavy atom. The fourth-order valence-corrected chi connectivity index (χ4v) is 1.99. The van der Waals surface area contributed by atoms with Crippen molar-refractivity contribution >= 4 is 8.07 Å². The normalized spacial score (nSPS) is 12.2. The van der Waals surface area contributed by atoms with Gasteiger partial charge in [-0.1, -0.05) is 61.7 Å². The maximum atomic E-state index is 2.40. The van der Waals surface area contributed by atoms with E-state index in [0.717, 1.165) is 6.42 Å². The molecule has 0 aromatic heterocycles. The summed E-state index contributed by atoms with van der Waals surface area (Å²) in [6.07, 6.45) is 3.38. The molecule has 13 heavy (non-hydrogen) atoms. The van der Waals surface area contributed by atoms with E-state index in [2.05, 4.69) is 61.7 Å². The van der Waals surface area contributed by atoms with Gasteiger partial charge in [0.2, 0.25) is 0 Å².